The lowest BCUT2D eigenvalue weighted by Gasteiger charge is -2.27. The summed E-state index contributed by atoms with van der Waals surface area (Å²) in [5, 5.41) is 2.47. The number of nitrogens with two attached hydrogens (primary N) is 1. The smallest absolute Gasteiger partial charge is 0.243 e. The first-order chi connectivity index (χ1) is 9.60. The maximum absolute atomic E-state index is 12.1. The van der Waals surface area contributed by atoms with E-state index in [4.69, 9.17) is 5.73 Å². The van der Waals surface area contributed by atoms with Gasteiger partial charge in [0.05, 0.1) is 13.1 Å². The number of hydrogen-bond donors (Lipinski definition) is 2. The Hall–Kier alpha value is -2.21. The Morgan fingerprint density at radius 3 is 2.55 bits per heavy atom. The maximum atomic E-state index is 12.1. The van der Waals surface area contributed by atoms with Crippen molar-refractivity contribution in [2.45, 2.75) is 12.5 Å². The number of likely N-dealkylation sites (N-methyl/N-ethyl adjacent to an activating group) is 1. The zero-order chi connectivity index (χ0) is 15.0. The van der Waals surface area contributed by atoms with Crippen LogP contribution in [0.3, 0.4) is 0 Å². The van der Waals surface area contributed by atoms with Crippen LogP contribution in [0.1, 0.15) is 5.56 Å². The summed E-state index contributed by atoms with van der Waals surface area (Å²) < 4.78 is 0. The van der Waals surface area contributed by atoms with Gasteiger partial charge in [-0.05, 0) is 5.56 Å². The van der Waals surface area contributed by atoms with Crippen LogP contribution >= 0.6 is 0 Å². The molecule has 2 amide bonds. The third kappa shape index (κ3) is 4.47. The Morgan fingerprint density at radius 1 is 1.35 bits per heavy atom. The first-order valence-electron chi connectivity index (χ1n) is 6.31. The van der Waals surface area contributed by atoms with Crippen LogP contribution in [0.2, 0.25) is 0 Å². The van der Waals surface area contributed by atoms with Gasteiger partial charge < -0.3 is 20.7 Å². The fourth-order valence-electron chi connectivity index (χ4n) is 1.82. The van der Waals surface area contributed by atoms with E-state index in [0.717, 1.165) is 5.56 Å². The van der Waals surface area contributed by atoms with Crippen LogP contribution in [0.25, 0.3) is 0 Å². The zero-order valence-electron chi connectivity index (χ0n) is 11.4. The highest BCUT2D eigenvalue weighted by Gasteiger charge is 2.26. The fourth-order valence-corrected chi connectivity index (χ4v) is 1.82. The molecule has 0 bridgehead atoms. The topological polar surface area (TPSA) is 92.5 Å². The molecule has 0 aliphatic rings. The van der Waals surface area contributed by atoms with E-state index in [-0.39, 0.29) is 24.9 Å². The van der Waals surface area contributed by atoms with Gasteiger partial charge in [0.2, 0.25) is 11.8 Å². The van der Waals surface area contributed by atoms with Gasteiger partial charge in [0.15, 0.2) is 0 Å². The summed E-state index contributed by atoms with van der Waals surface area (Å²) in [6.45, 7) is -0.239. The first-order valence-corrected chi connectivity index (χ1v) is 6.31. The number of benzene rings is 1. The number of rotatable bonds is 7. The van der Waals surface area contributed by atoms with Crippen molar-refractivity contribution in [3.8, 4) is 0 Å². The summed E-state index contributed by atoms with van der Waals surface area (Å²) in [4.78, 5) is 35.4. The summed E-state index contributed by atoms with van der Waals surface area (Å²) in [6, 6.07) is 8.66. The predicted molar refractivity (Wildman–Crippen MR) is 74.8 cm³/mol. The number of carbonyl (C=O) groups excluding carboxylic acids is 3. The first kappa shape index (κ1) is 15.8. The van der Waals surface area contributed by atoms with Crippen LogP contribution in [-0.4, -0.2) is 49.2 Å². The molecule has 1 aromatic rings. The maximum Gasteiger partial charge on any atom is 0.243 e. The van der Waals surface area contributed by atoms with E-state index >= 15 is 0 Å². The normalized spacial score (nSPS) is 11.5. The van der Waals surface area contributed by atoms with E-state index in [2.05, 4.69) is 5.32 Å². The average molecular weight is 277 g/mol. The number of hydrogen-bond acceptors (Lipinski definition) is 4. The van der Waals surface area contributed by atoms with Crippen LogP contribution in [0.4, 0.5) is 0 Å². The largest absolute Gasteiger partial charge is 0.348 e. The Morgan fingerprint density at radius 2 is 2.00 bits per heavy atom. The molecule has 1 rings (SSSR count). The molecular weight excluding hydrogens is 258 g/mol. The van der Waals surface area contributed by atoms with Crippen molar-refractivity contribution >= 4 is 18.1 Å². The number of nitrogens with zero attached hydrogens (tertiary/aromatic N) is 1. The SMILES string of the molecule is CN(C(=O)CN)[C@@H](Cc1ccccc1)C(=O)NCC=O. The quantitative estimate of drug-likeness (QED) is 0.646. The van der Waals surface area contributed by atoms with Crippen molar-refractivity contribution in [3.63, 3.8) is 0 Å². The van der Waals surface area contributed by atoms with Gasteiger partial charge in [-0.1, -0.05) is 30.3 Å². The van der Waals surface area contributed by atoms with Crippen molar-refractivity contribution in [2.75, 3.05) is 20.1 Å². The molecule has 20 heavy (non-hydrogen) atoms. The Balaban J connectivity index is 2.86. The monoisotopic (exact) mass is 277 g/mol. The van der Waals surface area contributed by atoms with Crippen LogP contribution in [-0.2, 0) is 20.8 Å². The number of amides is 2. The molecule has 0 saturated carbocycles. The molecule has 0 aromatic heterocycles. The summed E-state index contributed by atoms with van der Waals surface area (Å²) in [5.74, 6) is -0.697. The molecule has 0 radical (unpaired) electrons. The molecule has 108 valence electrons. The Bertz CT molecular complexity index is 462. The lowest BCUT2D eigenvalue weighted by Crippen LogP contribution is -2.50. The summed E-state index contributed by atoms with van der Waals surface area (Å²) in [5.41, 5.74) is 6.25. The van der Waals surface area contributed by atoms with E-state index in [1.165, 1.54) is 11.9 Å². The molecule has 0 fully saturated rings. The second-order valence-corrected chi connectivity index (χ2v) is 4.33. The van der Waals surface area contributed by atoms with Crippen molar-refractivity contribution in [2.24, 2.45) is 5.73 Å². The van der Waals surface area contributed by atoms with Gasteiger partial charge in [0.25, 0.3) is 0 Å². The van der Waals surface area contributed by atoms with E-state index in [1.807, 2.05) is 30.3 Å². The van der Waals surface area contributed by atoms with Crippen molar-refractivity contribution < 1.29 is 14.4 Å². The fraction of sp³-hybridized carbons (Fsp3) is 0.357. The highest BCUT2D eigenvalue weighted by molar-refractivity contribution is 5.89. The average Bonchev–Trinajstić information content (AvgIpc) is 2.49. The standard InChI is InChI=1S/C14H19N3O3/c1-17(13(19)10-15)12(14(20)16-7-8-18)9-11-5-3-2-4-6-11/h2-6,8,12H,7,9-10,15H2,1H3,(H,16,20)/t12-/m0/s1. The predicted octanol–water partition coefficient (Wildman–Crippen LogP) is -0.670. The number of nitrogens with one attached hydrogen (secondary N) is 1. The van der Waals surface area contributed by atoms with Crippen molar-refractivity contribution in [3.05, 3.63) is 35.9 Å². The molecule has 1 atom stereocenters. The molecule has 0 heterocycles. The molecule has 0 unspecified atom stereocenters. The lowest BCUT2D eigenvalue weighted by atomic mass is 10.0. The highest BCUT2D eigenvalue weighted by Crippen LogP contribution is 2.08. The van der Waals surface area contributed by atoms with Gasteiger partial charge in [0.1, 0.15) is 12.3 Å². The molecular formula is C14H19N3O3. The molecule has 0 saturated heterocycles. The second-order valence-electron chi connectivity index (χ2n) is 4.33. The van der Waals surface area contributed by atoms with Gasteiger partial charge in [0, 0.05) is 13.5 Å². The molecule has 6 heteroatoms. The van der Waals surface area contributed by atoms with E-state index < -0.39 is 6.04 Å². The molecule has 0 aliphatic carbocycles. The van der Waals surface area contributed by atoms with Gasteiger partial charge >= 0.3 is 0 Å². The molecule has 1 aromatic carbocycles. The minimum atomic E-state index is -0.687. The number of carbonyl (C=O) groups is 3. The second kappa shape index (κ2) is 8.06. The summed E-state index contributed by atoms with van der Waals surface area (Å²) in [7, 11) is 1.53. The third-order valence-corrected chi connectivity index (χ3v) is 2.97. The Kier molecular flexibility index (Phi) is 6.39. The summed E-state index contributed by atoms with van der Waals surface area (Å²) >= 11 is 0. The lowest BCUT2D eigenvalue weighted by molar-refractivity contribution is -0.138. The summed E-state index contributed by atoms with van der Waals surface area (Å²) in [6.07, 6.45) is 0.968. The van der Waals surface area contributed by atoms with Gasteiger partial charge in [-0.2, -0.15) is 0 Å². The molecule has 6 nitrogen and oxygen atoms in total. The molecule has 0 spiro atoms. The Labute approximate surface area is 117 Å². The van der Waals surface area contributed by atoms with Gasteiger partial charge in [-0.15, -0.1) is 0 Å². The molecule has 3 N–H and O–H groups in total. The molecule has 0 aliphatic heterocycles. The zero-order valence-corrected chi connectivity index (χ0v) is 11.4. The van der Waals surface area contributed by atoms with Crippen LogP contribution in [0, 0.1) is 0 Å². The third-order valence-electron chi connectivity index (χ3n) is 2.97. The number of aldehydes is 1. The van der Waals surface area contributed by atoms with E-state index in [9.17, 15) is 14.4 Å². The highest BCUT2D eigenvalue weighted by atomic mass is 16.2. The van der Waals surface area contributed by atoms with Crippen molar-refractivity contribution in [1.29, 1.82) is 0 Å². The van der Waals surface area contributed by atoms with Crippen LogP contribution in [0.15, 0.2) is 30.3 Å². The van der Waals surface area contributed by atoms with Crippen molar-refractivity contribution in [1.82, 2.24) is 10.2 Å². The van der Waals surface area contributed by atoms with Gasteiger partial charge in [-0.25, -0.2) is 0 Å². The van der Waals surface area contributed by atoms with E-state index in [0.29, 0.717) is 12.7 Å². The minimum absolute atomic E-state index is 0.0746. The minimum Gasteiger partial charge on any atom is -0.348 e. The van der Waals surface area contributed by atoms with Crippen LogP contribution < -0.4 is 11.1 Å². The van der Waals surface area contributed by atoms with E-state index in [1.54, 1.807) is 0 Å². The van der Waals surface area contributed by atoms with Gasteiger partial charge in [-0.3, -0.25) is 9.59 Å². The van der Waals surface area contributed by atoms with Crippen LogP contribution in [0.5, 0.6) is 0 Å².